The highest BCUT2D eigenvalue weighted by atomic mass is 16.6. The number of fused-ring (bicyclic) bond motifs is 2. The molecular weight excluding hydrogens is 282 g/mol. The van der Waals surface area contributed by atoms with Crippen LogP contribution in [0.25, 0.3) is 0 Å². The van der Waals surface area contributed by atoms with E-state index >= 15 is 0 Å². The Bertz CT molecular complexity index is 444. The maximum absolute atomic E-state index is 12.2. The Balaban J connectivity index is 1.99. The Morgan fingerprint density at radius 2 is 1.73 bits per heavy atom. The molecule has 3 fully saturated rings. The van der Waals surface area contributed by atoms with Crippen LogP contribution in [-0.2, 0) is 14.3 Å². The summed E-state index contributed by atoms with van der Waals surface area (Å²) in [6.07, 6.45) is -0.271. The van der Waals surface area contributed by atoms with Crippen molar-refractivity contribution in [1.29, 1.82) is 0 Å². The summed E-state index contributed by atoms with van der Waals surface area (Å²) in [5.74, 6) is 0.808. The first-order chi connectivity index (χ1) is 10.1. The summed E-state index contributed by atoms with van der Waals surface area (Å²) in [5.41, 5.74) is 0.309. The van der Waals surface area contributed by atoms with E-state index < -0.39 is 18.1 Å². The molecule has 0 heterocycles. The SMILES string of the molecule is CC(=O)N[C@@H](C)[C@@H](O)C(=O)OC1C(C)C2CC(C1C)C2(C)C. The van der Waals surface area contributed by atoms with Crippen molar-refractivity contribution in [2.75, 3.05) is 0 Å². The molecule has 6 atom stereocenters. The summed E-state index contributed by atoms with van der Waals surface area (Å²) in [6, 6.07) is -0.648. The quantitative estimate of drug-likeness (QED) is 0.775. The van der Waals surface area contributed by atoms with Gasteiger partial charge in [-0.2, -0.15) is 0 Å². The minimum absolute atomic E-state index is 0.150. The van der Waals surface area contributed by atoms with Crippen molar-refractivity contribution in [1.82, 2.24) is 5.32 Å². The zero-order valence-electron chi connectivity index (χ0n) is 14.4. The molecule has 3 saturated carbocycles. The molecule has 3 aliphatic rings. The first-order valence-electron chi connectivity index (χ1n) is 8.23. The summed E-state index contributed by atoms with van der Waals surface area (Å²) >= 11 is 0. The molecule has 3 aliphatic carbocycles. The molecule has 0 aromatic carbocycles. The Morgan fingerprint density at radius 1 is 1.23 bits per heavy atom. The second kappa shape index (κ2) is 5.84. The lowest BCUT2D eigenvalue weighted by molar-refractivity contribution is -0.214. The molecule has 0 saturated heterocycles. The zero-order chi connectivity index (χ0) is 16.8. The fraction of sp³-hybridized carbons (Fsp3) is 0.882. The number of amides is 1. The molecule has 1 amide bonds. The third-order valence-electron chi connectivity index (χ3n) is 6.12. The molecule has 22 heavy (non-hydrogen) atoms. The highest BCUT2D eigenvalue weighted by molar-refractivity contribution is 5.78. The molecule has 5 heteroatoms. The highest BCUT2D eigenvalue weighted by Crippen LogP contribution is 2.63. The molecular formula is C17H29NO4. The minimum atomic E-state index is -1.32. The van der Waals surface area contributed by atoms with Gasteiger partial charge in [0.05, 0.1) is 6.04 Å². The average Bonchev–Trinajstić information content (AvgIpc) is 2.39. The van der Waals surface area contributed by atoms with E-state index in [0.717, 1.165) is 0 Å². The monoisotopic (exact) mass is 311 g/mol. The second-order valence-corrected chi connectivity index (χ2v) is 7.82. The van der Waals surface area contributed by atoms with Gasteiger partial charge in [0.25, 0.3) is 0 Å². The molecule has 4 unspecified atom stereocenters. The van der Waals surface area contributed by atoms with E-state index in [1.54, 1.807) is 6.92 Å². The largest absolute Gasteiger partial charge is 0.460 e. The number of nitrogens with one attached hydrogen (secondary N) is 1. The van der Waals surface area contributed by atoms with Gasteiger partial charge in [-0.1, -0.05) is 27.7 Å². The van der Waals surface area contributed by atoms with Crippen LogP contribution in [0.15, 0.2) is 0 Å². The van der Waals surface area contributed by atoms with E-state index in [0.29, 0.717) is 29.1 Å². The lowest BCUT2D eigenvalue weighted by Crippen LogP contribution is -2.62. The summed E-state index contributed by atoms with van der Waals surface area (Å²) in [7, 11) is 0. The predicted octanol–water partition coefficient (Wildman–Crippen LogP) is 1.73. The molecule has 0 radical (unpaired) electrons. The van der Waals surface area contributed by atoms with Crippen LogP contribution in [0.3, 0.4) is 0 Å². The van der Waals surface area contributed by atoms with Crippen LogP contribution in [0, 0.1) is 29.1 Å². The molecule has 3 rings (SSSR count). The number of aliphatic hydroxyl groups is 1. The maximum atomic E-state index is 12.2. The van der Waals surface area contributed by atoms with Crippen LogP contribution < -0.4 is 5.32 Å². The molecule has 0 spiro atoms. The van der Waals surface area contributed by atoms with Crippen molar-refractivity contribution in [3.8, 4) is 0 Å². The molecule has 0 aromatic heterocycles. The predicted molar refractivity (Wildman–Crippen MR) is 82.9 cm³/mol. The topological polar surface area (TPSA) is 75.6 Å². The van der Waals surface area contributed by atoms with Gasteiger partial charge in [-0.05, 0) is 42.4 Å². The van der Waals surface area contributed by atoms with Gasteiger partial charge in [-0.15, -0.1) is 0 Å². The van der Waals surface area contributed by atoms with E-state index in [9.17, 15) is 14.7 Å². The van der Waals surface area contributed by atoms with E-state index in [1.165, 1.54) is 13.3 Å². The third kappa shape index (κ3) is 2.75. The summed E-state index contributed by atoms with van der Waals surface area (Å²) in [4.78, 5) is 23.2. The van der Waals surface area contributed by atoms with E-state index in [2.05, 4.69) is 33.0 Å². The maximum Gasteiger partial charge on any atom is 0.337 e. The number of hydrogen-bond donors (Lipinski definition) is 2. The van der Waals surface area contributed by atoms with Crippen molar-refractivity contribution in [3.05, 3.63) is 0 Å². The van der Waals surface area contributed by atoms with Gasteiger partial charge in [0.1, 0.15) is 6.10 Å². The summed E-state index contributed by atoms with van der Waals surface area (Å²) in [5, 5.41) is 12.6. The van der Waals surface area contributed by atoms with Crippen LogP contribution in [0.1, 0.15) is 48.0 Å². The van der Waals surface area contributed by atoms with Crippen LogP contribution >= 0.6 is 0 Å². The van der Waals surface area contributed by atoms with Crippen molar-refractivity contribution in [2.24, 2.45) is 29.1 Å². The van der Waals surface area contributed by atoms with Gasteiger partial charge in [-0.25, -0.2) is 4.79 Å². The number of esters is 1. The van der Waals surface area contributed by atoms with Gasteiger partial charge < -0.3 is 15.2 Å². The van der Waals surface area contributed by atoms with Crippen LogP contribution in [-0.4, -0.2) is 35.2 Å². The van der Waals surface area contributed by atoms with Gasteiger partial charge in [0.2, 0.25) is 5.91 Å². The minimum Gasteiger partial charge on any atom is -0.460 e. The zero-order valence-corrected chi connectivity index (χ0v) is 14.4. The number of carbonyl (C=O) groups excluding carboxylic acids is 2. The molecule has 2 N–H and O–H groups in total. The molecule has 0 aliphatic heterocycles. The molecule has 5 nitrogen and oxygen atoms in total. The number of hydrogen-bond acceptors (Lipinski definition) is 4. The third-order valence-corrected chi connectivity index (χ3v) is 6.12. The second-order valence-electron chi connectivity index (χ2n) is 7.82. The normalized spacial score (nSPS) is 38.4. The lowest BCUT2D eigenvalue weighted by Gasteiger charge is -2.64. The smallest absolute Gasteiger partial charge is 0.337 e. The van der Waals surface area contributed by atoms with Crippen LogP contribution in [0.4, 0.5) is 0 Å². The molecule has 0 aromatic rings. The first-order valence-corrected chi connectivity index (χ1v) is 8.23. The fourth-order valence-corrected chi connectivity index (χ4v) is 4.74. The number of ether oxygens (including phenoxy) is 1. The standard InChI is InChI=1S/C17H29NO4/c1-8-12-7-13(17(12,5)6)9(2)15(8)22-16(21)14(20)10(3)18-11(4)19/h8-10,12-15,20H,7H2,1-6H3,(H,18,19)/t8?,9?,10-,12?,13?,14+,15?/m0/s1. The van der Waals surface area contributed by atoms with Gasteiger partial charge in [0.15, 0.2) is 6.10 Å². The Hall–Kier alpha value is -1.10. The fourth-order valence-electron chi connectivity index (χ4n) is 4.74. The Kier molecular flexibility index (Phi) is 4.58. The number of rotatable bonds is 4. The summed E-state index contributed by atoms with van der Waals surface area (Å²) in [6.45, 7) is 11.8. The van der Waals surface area contributed by atoms with E-state index in [-0.39, 0.29) is 12.0 Å². The van der Waals surface area contributed by atoms with Gasteiger partial charge >= 0.3 is 5.97 Å². The Labute approximate surface area is 132 Å². The van der Waals surface area contributed by atoms with Crippen molar-refractivity contribution in [3.63, 3.8) is 0 Å². The Morgan fingerprint density at radius 3 is 2.14 bits per heavy atom. The van der Waals surface area contributed by atoms with Crippen molar-refractivity contribution < 1.29 is 19.4 Å². The van der Waals surface area contributed by atoms with Crippen LogP contribution in [0.5, 0.6) is 0 Å². The lowest BCUT2D eigenvalue weighted by atomic mass is 9.42. The number of carbonyl (C=O) groups is 2. The van der Waals surface area contributed by atoms with Crippen molar-refractivity contribution in [2.45, 2.75) is 66.2 Å². The summed E-state index contributed by atoms with van der Waals surface area (Å²) < 4.78 is 5.63. The van der Waals surface area contributed by atoms with Crippen molar-refractivity contribution >= 4 is 11.9 Å². The van der Waals surface area contributed by atoms with Gasteiger partial charge in [-0.3, -0.25) is 4.79 Å². The van der Waals surface area contributed by atoms with E-state index in [4.69, 9.17) is 4.74 Å². The van der Waals surface area contributed by atoms with Crippen LogP contribution in [0.2, 0.25) is 0 Å². The number of aliphatic hydroxyl groups excluding tert-OH is 1. The molecule has 126 valence electrons. The highest BCUT2D eigenvalue weighted by Gasteiger charge is 2.60. The van der Waals surface area contributed by atoms with E-state index in [1.807, 2.05) is 0 Å². The first kappa shape index (κ1) is 17.3. The molecule has 2 bridgehead atoms. The average molecular weight is 311 g/mol. The van der Waals surface area contributed by atoms with Gasteiger partial charge in [0, 0.05) is 6.92 Å².